The van der Waals surface area contributed by atoms with Gasteiger partial charge in [0.25, 0.3) is 0 Å². The monoisotopic (exact) mass is 398 g/mol. The van der Waals surface area contributed by atoms with E-state index in [-0.39, 0.29) is 0 Å². The molecule has 1 N–H and O–H groups in total. The molecule has 0 bridgehead atoms. The largest absolute Gasteiger partial charge is 0.481 e. The Morgan fingerprint density at radius 3 is 2.66 bits per heavy atom. The summed E-state index contributed by atoms with van der Waals surface area (Å²) in [4.78, 5) is 12.3. The third kappa shape index (κ3) is 4.64. The van der Waals surface area contributed by atoms with Crippen LogP contribution in [0.3, 0.4) is 0 Å². The summed E-state index contributed by atoms with van der Waals surface area (Å²) >= 11 is 0. The van der Waals surface area contributed by atoms with Crippen LogP contribution in [0.25, 0.3) is 11.0 Å². The minimum Gasteiger partial charge on any atom is -0.481 e. The maximum absolute atomic E-state index is 5.98. The number of likely N-dealkylation sites (tertiary alicyclic amines) is 1. The standard InChI is InChI=1S/C23H34N4O2/c1-16(2)24-21-18-8-4-5-9-19(18)25-20-14-17(23(28-3)26-22(20)21)15-29-13-12-27-10-6-7-11-27/h14,16H,4-13,15H2,1-3H3,(H,24,25). The first-order chi connectivity index (χ1) is 14.2. The van der Waals surface area contributed by atoms with Crippen LogP contribution in [0.5, 0.6) is 5.88 Å². The lowest BCUT2D eigenvalue weighted by molar-refractivity contribution is 0.0975. The molecule has 4 rings (SSSR count). The van der Waals surface area contributed by atoms with Gasteiger partial charge < -0.3 is 19.7 Å². The number of nitrogens with one attached hydrogen (secondary N) is 1. The first-order valence-corrected chi connectivity index (χ1v) is 11.1. The quantitative estimate of drug-likeness (QED) is 0.680. The lowest BCUT2D eigenvalue weighted by Crippen LogP contribution is -2.24. The Balaban J connectivity index is 1.60. The number of fused-ring (bicyclic) bond motifs is 2. The van der Waals surface area contributed by atoms with Crippen LogP contribution in [0.1, 0.15) is 56.4 Å². The molecule has 1 aliphatic heterocycles. The normalized spacial score (nSPS) is 17.1. The number of rotatable bonds is 8. The second-order valence-corrected chi connectivity index (χ2v) is 8.54. The van der Waals surface area contributed by atoms with Crippen molar-refractivity contribution in [2.45, 2.75) is 65.0 Å². The van der Waals surface area contributed by atoms with E-state index in [0.29, 0.717) is 18.5 Å². The van der Waals surface area contributed by atoms with E-state index in [1.807, 2.05) is 0 Å². The average molecular weight is 399 g/mol. The molecule has 1 fully saturated rings. The van der Waals surface area contributed by atoms with E-state index in [1.165, 1.54) is 50.0 Å². The van der Waals surface area contributed by atoms with Crippen molar-refractivity contribution in [2.75, 3.05) is 38.7 Å². The molecule has 2 aromatic rings. The van der Waals surface area contributed by atoms with E-state index in [4.69, 9.17) is 19.4 Å². The summed E-state index contributed by atoms with van der Waals surface area (Å²) in [6.45, 7) is 8.97. The predicted molar refractivity (Wildman–Crippen MR) is 117 cm³/mol. The van der Waals surface area contributed by atoms with Crippen molar-refractivity contribution in [1.82, 2.24) is 14.9 Å². The average Bonchev–Trinajstić information content (AvgIpc) is 3.24. The molecule has 0 atom stereocenters. The Labute approximate surface area is 174 Å². The van der Waals surface area contributed by atoms with Crippen molar-refractivity contribution in [3.8, 4) is 5.88 Å². The number of aromatic nitrogens is 2. The van der Waals surface area contributed by atoms with Crippen molar-refractivity contribution in [1.29, 1.82) is 0 Å². The molecule has 3 heterocycles. The van der Waals surface area contributed by atoms with Crippen LogP contribution < -0.4 is 10.1 Å². The number of nitrogens with zero attached hydrogens (tertiary/aromatic N) is 3. The molecule has 1 aliphatic carbocycles. The van der Waals surface area contributed by atoms with E-state index in [1.54, 1.807) is 7.11 Å². The molecule has 6 heteroatoms. The van der Waals surface area contributed by atoms with Gasteiger partial charge in [-0.05, 0) is 77.1 Å². The van der Waals surface area contributed by atoms with Crippen LogP contribution in [0.15, 0.2) is 6.07 Å². The molecule has 0 saturated carbocycles. The van der Waals surface area contributed by atoms with Crippen LogP contribution in [-0.2, 0) is 24.2 Å². The van der Waals surface area contributed by atoms with Gasteiger partial charge in [0, 0.05) is 23.8 Å². The summed E-state index contributed by atoms with van der Waals surface area (Å²) in [6.07, 6.45) is 7.16. The highest BCUT2D eigenvalue weighted by atomic mass is 16.5. The molecule has 2 aromatic heterocycles. The van der Waals surface area contributed by atoms with Crippen LogP contribution in [-0.4, -0.2) is 54.3 Å². The van der Waals surface area contributed by atoms with Gasteiger partial charge >= 0.3 is 0 Å². The molecule has 0 spiro atoms. The highest BCUT2D eigenvalue weighted by Gasteiger charge is 2.21. The van der Waals surface area contributed by atoms with Gasteiger partial charge in [0.2, 0.25) is 5.88 Å². The number of ether oxygens (including phenoxy) is 2. The predicted octanol–water partition coefficient (Wildman–Crippen LogP) is 3.95. The number of hydrogen-bond acceptors (Lipinski definition) is 6. The Morgan fingerprint density at radius 1 is 1.10 bits per heavy atom. The number of anilines is 1. The highest BCUT2D eigenvalue weighted by molar-refractivity contribution is 5.91. The van der Waals surface area contributed by atoms with Gasteiger partial charge in [-0.3, -0.25) is 4.98 Å². The van der Waals surface area contributed by atoms with Crippen molar-refractivity contribution in [3.05, 3.63) is 22.9 Å². The number of aryl methyl sites for hydroxylation is 1. The lowest BCUT2D eigenvalue weighted by Gasteiger charge is -2.23. The zero-order valence-electron chi connectivity index (χ0n) is 18.1. The molecular formula is C23H34N4O2. The van der Waals surface area contributed by atoms with Crippen molar-refractivity contribution in [3.63, 3.8) is 0 Å². The molecule has 6 nitrogen and oxygen atoms in total. The summed E-state index contributed by atoms with van der Waals surface area (Å²) in [5, 5.41) is 3.64. The second-order valence-electron chi connectivity index (χ2n) is 8.54. The van der Waals surface area contributed by atoms with Gasteiger partial charge in [-0.15, -0.1) is 0 Å². The first kappa shape index (κ1) is 20.4. The fourth-order valence-corrected chi connectivity index (χ4v) is 4.47. The van der Waals surface area contributed by atoms with Gasteiger partial charge in [-0.25, -0.2) is 4.98 Å². The molecule has 0 radical (unpaired) electrons. The van der Waals surface area contributed by atoms with E-state index in [0.717, 1.165) is 48.3 Å². The maximum Gasteiger partial charge on any atom is 0.219 e. The Hall–Kier alpha value is -1.92. The maximum atomic E-state index is 5.98. The SMILES string of the molecule is COc1nc2c(NC(C)C)c3c(nc2cc1COCCN1CCCC1)CCCC3. The van der Waals surface area contributed by atoms with Crippen LogP contribution in [0, 0.1) is 0 Å². The summed E-state index contributed by atoms with van der Waals surface area (Å²) in [6, 6.07) is 2.45. The molecule has 29 heavy (non-hydrogen) atoms. The van der Waals surface area contributed by atoms with Crippen LogP contribution in [0.2, 0.25) is 0 Å². The first-order valence-electron chi connectivity index (χ1n) is 11.1. The van der Waals surface area contributed by atoms with Crippen LogP contribution in [0.4, 0.5) is 5.69 Å². The molecular weight excluding hydrogens is 364 g/mol. The minimum absolute atomic E-state index is 0.341. The summed E-state index contributed by atoms with van der Waals surface area (Å²) in [5.41, 5.74) is 6.52. The summed E-state index contributed by atoms with van der Waals surface area (Å²) < 4.78 is 11.6. The fraction of sp³-hybridized carbons (Fsp3) is 0.652. The number of pyridine rings is 2. The molecule has 0 aromatic carbocycles. The summed E-state index contributed by atoms with van der Waals surface area (Å²) in [7, 11) is 1.68. The zero-order valence-corrected chi connectivity index (χ0v) is 18.1. The van der Waals surface area contributed by atoms with Gasteiger partial charge in [0.1, 0.15) is 5.52 Å². The molecule has 2 aliphatic rings. The molecule has 1 saturated heterocycles. The lowest BCUT2D eigenvalue weighted by atomic mass is 9.93. The third-order valence-corrected chi connectivity index (χ3v) is 5.91. The smallest absolute Gasteiger partial charge is 0.219 e. The van der Waals surface area contributed by atoms with Crippen molar-refractivity contribution >= 4 is 16.7 Å². The van der Waals surface area contributed by atoms with E-state index >= 15 is 0 Å². The molecule has 158 valence electrons. The minimum atomic E-state index is 0.341. The Morgan fingerprint density at radius 2 is 1.90 bits per heavy atom. The summed E-state index contributed by atoms with van der Waals surface area (Å²) in [5.74, 6) is 0.642. The van der Waals surface area contributed by atoms with Crippen molar-refractivity contribution < 1.29 is 9.47 Å². The number of hydrogen-bond donors (Lipinski definition) is 1. The van der Waals surface area contributed by atoms with Gasteiger partial charge in [-0.1, -0.05) is 0 Å². The topological polar surface area (TPSA) is 59.5 Å². The van der Waals surface area contributed by atoms with E-state index in [9.17, 15) is 0 Å². The zero-order chi connectivity index (χ0) is 20.2. The van der Waals surface area contributed by atoms with Crippen LogP contribution >= 0.6 is 0 Å². The Bertz CT molecular complexity index is 847. The third-order valence-electron chi connectivity index (χ3n) is 5.91. The highest BCUT2D eigenvalue weighted by Crippen LogP contribution is 2.35. The fourth-order valence-electron chi connectivity index (χ4n) is 4.47. The van der Waals surface area contributed by atoms with Gasteiger partial charge in [-0.2, -0.15) is 0 Å². The van der Waals surface area contributed by atoms with E-state index < -0.39 is 0 Å². The Kier molecular flexibility index (Phi) is 6.50. The van der Waals surface area contributed by atoms with Gasteiger partial charge in [0.15, 0.2) is 0 Å². The number of methoxy groups -OCH3 is 1. The van der Waals surface area contributed by atoms with Crippen molar-refractivity contribution in [2.24, 2.45) is 0 Å². The van der Waals surface area contributed by atoms with E-state index in [2.05, 4.69) is 30.1 Å². The molecule has 0 amide bonds. The van der Waals surface area contributed by atoms with Gasteiger partial charge in [0.05, 0.1) is 31.5 Å². The second kappa shape index (κ2) is 9.26. The molecule has 0 unspecified atom stereocenters.